The molecule has 0 aromatic carbocycles. The quantitative estimate of drug-likeness (QED) is 0.279. The maximum atomic E-state index is 3.00. The highest BCUT2D eigenvalue weighted by molar-refractivity contribution is 4.22. The molecule has 0 aliphatic rings. The number of halogens is 4. The second-order valence-corrected chi connectivity index (χ2v) is 0. The van der Waals surface area contributed by atoms with E-state index in [0.29, 0.717) is 0 Å². The fourth-order valence-electron chi connectivity index (χ4n) is 0. The molecule has 0 aliphatic carbocycles. The maximum Gasteiger partial charge on any atom is -0.106 e. The normalized spacial score (nSPS) is 0.667. The molecule has 0 fully saturated rings. The topological polar surface area (TPSA) is 0 Å². The first-order valence-electron chi connectivity index (χ1n) is 0.500. The molecule has 0 aliphatic heterocycles. The first-order chi connectivity index (χ1) is 1.00. The van der Waals surface area contributed by atoms with Gasteiger partial charge in [0.25, 0.3) is 0 Å². The van der Waals surface area contributed by atoms with Crippen molar-refractivity contribution in [2.24, 2.45) is 0 Å². The summed E-state index contributed by atoms with van der Waals surface area (Å²) in [6.07, 6.45) is 0. The van der Waals surface area contributed by atoms with E-state index in [2.05, 4.69) is 13.2 Å². The fourth-order valence-corrected chi connectivity index (χ4v) is 0. The van der Waals surface area contributed by atoms with Crippen molar-refractivity contribution in [1.82, 2.24) is 0 Å². The first kappa shape index (κ1) is 201. The van der Waals surface area contributed by atoms with Crippen molar-refractivity contribution in [2.75, 3.05) is 0 Å². The molecule has 6 heavy (non-hydrogen) atoms. The Bertz CT molecular complexity index is 8.75. The minimum atomic E-state index is 0. The molecule has 0 rings (SSSR count). The zero-order valence-corrected chi connectivity index (χ0v) is 3.68. The Kier molecular flexibility index (Phi) is 72800. The van der Waals surface area contributed by atoms with Crippen LogP contribution in [-0.4, -0.2) is 0 Å². The van der Waals surface area contributed by atoms with Crippen LogP contribution >= 0.6 is 0 Å². The summed E-state index contributed by atoms with van der Waals surface area (Å²) in [4.78, 5) is 0. The Morgan fingerprint density at radius 1 is 0.667 bits per heavy atom. The summed E-state index contributed by atoms with van der Waals surface area (Å²) in [7, 11) is 0. The van der Waals surface area contributed by atoms with E-state index in [0.717, 1.165) is 0 Å². The van der Waals surface area contributed by atoms with E-state index in [-0.39, 0.29) is 26.5 Å². The molecular weight excluding hydrogens is 116 g/mol. The average molecular weight is 121 g/mol. The Morgan fingerprint density at radius 3 is 0.667 bits per heavy atom. The summed E-state index contributed by atoms with van der Waals surface area (Å²) in [5.74, 6) is 0. The van der Waals surface area contributed by atoms with Gasteiger partial charge in [0.05, 0.1) is 0 Å². The summed E-state index contributed by atoms with van der Waals surface area (Å²) in [6, 6.07) is 0. The Labute approximate surface area is 40.8 Å². The van der Waals surface area contributed by atoms with Crippen molar-refractivity contribution in [3.05, 3.63) is 13.2 Å². The van der Waals surface area contributed by atoms with Gasteiger partial charge in [-0.2, -0.15) is 0 Å². The third-order valence-corrected chi connectivity index (χ3v) is 0. The van der Waals surface area contributed by atoms with Gasteiger partial charge in [-0.05, 0) is 0 Å². The lowest BCUT2D eigenvalue weighted by atomic mass is 11.3. The monoisotopic (exact) mass is 120 g/mol. The van der Waals surface area contributed by atoms with Crippen LogP contribution in [0.4, 0.5) is 0 Å². The van der Waals surface area contributed by atoms with Crippen LogP contribution in [0.1, 0.15) is 0 Å². The van der Waals surface area contributed by atoms with Gasteiger partial charge in [0.1, 0.15) is 0 Å². The predicted octanol–water partition coefficient (Wildman–Crippen LogP) is -11.2. The minimum Gasteiger partial charge on any atom is -1.00 e. The van der Waals surface area contributed by atoms with E-state index in [4.69, 9.17) is 0 Å². The minimum absolute atomic E-state index is 0. The van der Waals surface area contributed by atoms with Crippen LogP contribution in [0.5, 0.6) is 0 Å². The van der Waals surface area contributed by atoms with Crippen LogP contribution < -0.4 is 26.5 Å². The fraction of sp³-hybridized carbons (Fsp3) is 0. The summed E-state index contributed by atoms with van der Waals surface area (Å²) in [5, 5.41) is 0. The van der Waals surface area contributed by atoms with Gasteiger partial charge >= 0.3 is 0 Å². The molecule has 0 N–H and O–H groups in total. The lowest BCUT2D eigenvalue weighted by Crippen LogP contribution is -3.00. The molecule has 0 atom stereocenters. The Balaban J connectivity index is -0.000000000833. The smallest absolute Gasteiger partial charge is 0.106 e. The van der Waals surface area contributed by atoms with Crippen molar-refractivity contribution in [3.63, 3.8) is 0 Å². The molecule has 44 valence electrons. The molecule has 0 aromatic rings. The van der Waals surface area contributed by atoms with Crippen LogP contribution in [0.2, 0.25) is 0 Å². The van der Waals surface area contributed by atoms with E-state index in [1.165, 1.54) is 0 Å². The van der Waals surface area contributed by atoms with E-state index in [9.17, 15) is 0 Å². The number of hydrogen-bond acceptors (Lipinski definition) is 0. The van der Waals surface area contributed by atoms with Crippen LogP contribution in [-0.2, 0) is 0 Å². The molecule has 0 bridgehead atoms. The van der Waals surface area contributed by atoms with Gasteiger partial charge in [-0.15, -0.1) is 13.2 Å². The van der Waals surface area contributed by atoms with Crippen molar-refractivity contribution < 1.29 is 26.5 Å². The van der Waals surface area contributed by atoms with Crippen molar-refractivity contribution >= 4 is 0 Å². The molecule has 0 saturated carbocycles. The molecule has 0 spiro atoms. The van der Waals surface area contributed by atoms with Crippen molar-refractivity contribution in [2.45, 2.75) is 0 Å². The Morgan fingerprint density at radius 2 is 0.667 bits per heavy atom. The summed E-state index contributed by atoms with van der Waals surface area (Å²) in [5.41, 5.74) is 0. The van der Waals surface area contributed by atoms with E-state index >= 15 is 0 Å². The highest BCUT2D eigenvalue weighted by Gasteiger charge is 0.601. The van der Waals surface area contributed by atoms with E-state index < -0.39 is 0 Å². The summed E-state index contributed by atoms with van der Waals surface area (Å²) >= 11 is 0. The second kappa shape index (κ2) is 2170. The SMILES string of the molecule is C=C.[Cl-].[F-].[F-].[F-]. The highest BCUT2D eigenvalue weighted by atomic mass is 35.5. The number of rotatable bonds is 0. The van der Waals surface area contributed by atoms with Gasteiger partial charge in [-0.25, -0.2) is 0 Å². The highest BCUT2D eigenvalue weighted by Crippen LogP contribution is 0.862. The van der Waals surface area contributed by atoms with Gasteiger partial charge in [-0.1, -0.05) is 0 Å². The standard InChI is InChI=1S/C2H4.ClH.3FH/c1-2;;;;/h1-2H2;4*1H/p-4. The summed E-state index contributed by atoms with van der Waals surface area (Å²) in [6.45, 7) is 6.00. The largest absolute Gasteiger partial charge is 1.00 e. The summed E-state index contributed by atoms with van der Waals surface area (Å²) < 4.78 is 0. The lowest BCUT2D eigenvalue weighted by molar-refractivity contribution is -0.00100. The number of hydrogen-bond donors (Lipinski definition) is 0. The molecule has 0 radical (unpaired) electrons. The molecule has 0 nitrogen and oxygen atoms in total. The van der Waals surface area contributed by atoms with Crippen molar-refractivity contribution in [1.29, 1.82) is 0 Å². The van der Waals surface area contributed by atoms with E-state index in [1.54, 1.807) is 0 Å². The molecule has 0 aromatic heterocycles. The molecule has 0 unspecified atom stereocenters. The molecular formula is C2H4ClF3-4. The maximum absolute atomic E-state index is 3.00. The van der Waals surface area contributed by atoms with Gasteiger partial charge < -0.3 is 26.5 Å². The van der Waals surface area contributed by atoms with Gasteiger partial charge in [0.15, 0.2) is 0 Å². The molecule has 4 heteroatoms. The molecule has 0 saturated heterocycles. The van der Waals surface area contributed by atoms with Crippen molar-refractivity contribution in [3.8, 4) is 0 Å². The third kappa shape index (κ3) is 938. The third-order valence-electron chi connectivity index (χ3n) is 0. The molecule has 0 amide bonds. The predicted molar refractivity (Wildman–Crippen MR) is 11.3 cm³/mol. The van der Waals surface area contributed by atoms with Gasteiger partial charge in [0.2, 0.25) is 0 Å². The van der Waals surface area contributed by atoms with Gasteiger partial charge in [-0.3, -0.25) is 0 Å². The second-order valence-electron chi connectivity index (χ2n) is 0. The molecule has 0 heterocycles. The Hall–Kier alpha value is -0.180. The van der Waals surface area contributed by atoms with Crippen LogP contribution in [0.15, 0.2) is 13.2 Å². The van der Waals surface area contributed by atoms with Crippen LogP contribution in [0.25, 0.3) is 0 Å². The van der Waals surface area contributed by atoms with E-state index in [1.807, 2.05) is 0 Å². The van der Waals surface area contributed by atoms with Gasteiger partial charge in [0, 0.05) is 0 Å². The zero-order chi connectivity index (χ0) is 2.00. The van der Waals surface area contributed by atoms with Crippen LogP contribution in [0, 0.1) is 0 Å². The average Bonchev–Trinajstić information content (AvgIpc) is 1.00. The van der Waals surface area contributed by atoms with Crippen LogP contribution in [0.3, 0.4) is 0 Å². The zero-order valence-electron chi connectivity index (χ0n) is 2.93. The first-order valence-corrected chi connectivity index (χ1v) is 0.500. The lowest BCUT2D eigenvalue weighted by Gasteiger charge is -1.00.